The quantitative estimate of drug-likeness (QED) is 0.452. The Balaban J connectivity index is 1.63. The predicted molar refractivity (Wildman–Crippen MR) is 120 cm³/mol. The number of rotatable bonds is 11. The van der Waals surface area contributed by atoms with Crippen LogP contribution < -0.4 is 14.8 Å². The molecule has 0 fully saturated rings. The molecule has 6 heteroatoms. The first kappa shape index (κ1) is 22.4. The van der Waals surface area contributed by atoms with E-state index in [1.54, 1.807) is 0 Å². The van der Waals surface area contributed by atoms with E-state index >= 15 is 0 Å². The van der Waals surface area contributed by atoms with Crippen LogP contribution in [-0.4, -0.2) is 24.1 Å². The first-order chi connectivity index (χ1) is 15.1. The summed E-state index contributed by atoms with van der Waals surface area (Å²) >= 11 is 0. The van der Waals surface area contributed by atoms with Gasteiger partial charge in [-0.1, -0.05) is 38.1 Å². The summed E-state index contributed by atoms with van der Waals surface area (Å²) < 4.78 is 17.2. The zero-order chi connectivity index (χ0) is 22.1. The second kappa shape index (κ2) is 11.2. The third kappa shape index (κ3) is 6.35. The highest BCUT2D eigenvalue weighted by molar-refractivity contribution is 5.78. The Morgan fingerprint density at radius 2 is 1.74 bits per heavy atom. The van der Waals surface area contributed by atoms with Gasteiger partial charge in [-0.15, -0.1) is 0 Å². The molecule has 0 aliphatic rings. The summed E-state index contributed by atoms with van der Waals surface area (Å²) in [4.78, 5) is 17.0. The van der Waals surface area contributed by atoms with Gasteiger partial charge in [0.25, 0.3) is 0 Å². The minimum Gasteiger partial charge on any atom is -0.490 e. The molecule has 0 bridgehead atoms. The molecule has 2 aromatic carbocycles. The molecule has 1 aromatic heterocycles. The van der Waals surface area contributed by atoms with E-state index in [9.17, 15) is 4.79 Å². The fourth-order valence-corrected chi connectivity index (χ4v) is 3.09. The third-order valence-corrected chi connectivity index (χ3v) is 4.68. The second-order valence-corrected chi connectivity index (χ2v) is 7.38. The highest BCUT2D eigenvalue weighted by Gasteiger charge is 2.15. The Morgan fingerprint density at radius 3 is 2.45 bits per heavy atom. The molecule has 1 unspecified atom stereocenters. The number of nitrogens with one attached hydrogen (secondary N) is 1. The molecular formula is C25H30N2O4. The molecule has 164 valence electrons. The van der Waals surface area contributed by atoms with E-state index in [1.165, 1.54) is 6.26 Å². The van der Waals surface area contributed by atoms with Crippen LogP contribution in [0, 0.1) is 0 Å². The van der Waals surface area contributed by atoms with Crippen molar-refractivity contribution in [2.45, 2.75) is 46.1 Å². The fourth-order valence-electron chi connectivity index (χ4n) is 3.09. The van der Waals surface area contributed by atoms with Gasteiger partial charge in [-0.2, -0.15) is 0 Å². The van der Waals surface area contributed by atoms with Gasteiger partial charge < -0.3 is 19.2 Å². The van der Waals surface area contributed by atoms with Gasteiger partial charge in [0.05, 0.1) is 31.4 Å². The minimum absolute atomic E-state index is 0.122. The zero-order valence-electron chi connectivity index (χ0n) is 18.4. The molecule has 1 N–H and O–H groups in total. The fraction of sp³-hybridized carbons (Fsp3) is 0.360. The highest BCUT2D eigenvalue weighted by Crippen LogP contribution is 2.31. The lowest BCUT2D eigenvalue weighted by Gasteiger charge is -2.18. The van der Waals surface area contributed by atoms with Crippen LogP contribution >= 0.6 is 0 Å². The van der Waals surface area contributed by atoms with Crippen LogP contribution in [0.4, 0.5) is 0 Å². The normalized spacial score (nSPS) is 11.7. The molecule has 3 rings (SSSR count). The SMILES string of the molecule is CCCOc1ccc(C(C)NC(=O)Cc2coc(-c3ccccc3)n2)cc1OCCC. The monoisotopic (exact) mass is 422 g/mol. The van der Waals surface area contributed by atoms with Crippen molar-refractivity contribution in [2.24, 2.45) is 0 Å². The van der Waals surface area contributed by atoms with Gasteiger partial charge in [0.1, 0.15) is 6.26 Å². The van der Waals surface area contributed by atoms with Crippen molar-refractivity contribution in [3.63, 3.8) is 0 Å². The van der Waals surface area contributed by atoms with E-state index in [0.29, 0.717) is 30.5 Å². The van der Waals surface area contributed by atoms with Gasteiger partial charge in [0, 0.05) is 5.56 Å². The Morgan fingerprint density at radius 1 is 1.03 bits per heavy atom. The topological polar surface area (TPSA) is 73.6 Å². The number of carbonyl (C=O) groups excluding carboxylic acids is 1. The lowest BCUT2D eigenvalue weighted by molar-refractivity contribution is -0.121. The maximum atomic E-state index is 12.6. The van der Waals surface area contributed by atoms with Crippen molar-refractivity contribution in [2.75, 3.05) is 13.2 Å². The largest absolute Gasteiger partial charge is 0.490 e. The van der Waals surface area contributed by atoms with Gasteiger partial charge >= 0.3 is 0 Å². The minimum atomic E-state index is -0.183. The summed E-state index contributed by atoms with van der Waals surface area (Å²) in [5.74, 6) is 1.83. The molecule has 0 radical (unpaired) electrons. The van der Waals surface area contributed by atoms with E-state index in [2.05, 4.69) is 24.1 Å². The van der Waals surface area contributed by atoms with Gasteiger partial charge in [0.2, 0.25) is 11.8 Å². The summed E-state index contributed by atoms with van der Waals surface area (Å²) in [6.07, 6.45) is 3.52. The van der Waals surface area contributed by atoms with Crippen LogP contribution in [-0.2, 0) is 11.2 Å². The van der Waals surface area contributed by atoms with Crippen molar-refractivity contribution in [3.05, 3.63) is 66.1 Å². The molecule has 0 saturated heterocycles. The number of aromatic nitrogens is 1. The number of amides is 1. The summed E-state index contributed by atoms with van der Waals surface area (Å²) in [6.45, 7) is 7.32. The van der Waals surface area contributed by atoms with Crippen molar-refractivity contribution in [1.82, 2.24) is 10.3 Å². The number of hydrogen-bond acceptors (Lipinski definition) is 5. The molecule has 3 aromatic rings. The lowest BCUT2D eigenvalue weighted by atomic mass is 10.1. The zero-order valence-corrected chi connectivity index (χ0v) is 18.4. The van der Waals surface area contributed by atoms with E-state index in [4.69, 9.17) is 13.9 Å². The molecule has 1 atom stereocenters. The highest BCUT2D eigenvalue weighted by atomic mass is 16.5. The number of nitrogens with zero attached hydrogens (tertiary/aromatic N) is 1. The molecule has 0 aliphatic carbocycles. The molecule has 0 saturated carbocycles. The average molecular weight is 423 g/mol. The number of ether oxygens (including phenoxy) is 2. The number of hydrogen-bond donors (Lipinski definition) is 1. The Labute approximate surface area is 183 Å². The Hall–Kier alpha value is -3.28. The molecule has 31 heavy (non-hydrogen) atoms. The maximum Gasteiger partial charge on any atom is 0.226 e. The van der Waals surface area contributed by atoms with Crippen LogP contribution in [0.5, 0.6) is 11.5 Å². The molecular weight excluding hydrogens is 392 g/mol. The second-order valence-electron chi connectivity index (χ2n) is 7.38. The maximum absolute atomic E-state index is 12.6. The Kier molecular flexibility index (Phi) is 8.10. The standard InChI is InChI=1S/C25H30N2O4/c1-4-13-29-22-12-11-20(15-23(22)30-14-5-2)18(3)26-24(28)16-21-17-31-25(27-21)19-9-7-6-8-10-19/h6-12,15,17-18H,4-5,13-14,16H2,1-3H3,(H,26,28). The summed E-state index contributed by atoms with van der Waals surface area (Å²) in [6, 6.07) is 15.2. The van der Waals surface area contributed by atoms with Crippen LogP contribution in [0.1, 0.15) is 50.9 Å². The summed E-state index contributed by atoms with van der Waals surface area (Å²) in [7, 11) is 0. The van der Waals surface area contributed by atoms with E-state index in [0.717, 1.165) is 29.7 Å². The molecule has 0 spiro atoms. The number of oxazole rings is 1. The lowest BCUT2D eigenvalue weighted by Crippen LogP contribution is -2.28. The number of benzene rings is 2. The first-order valence-corrected chi connectivity index (χ1v) is 10.8. The van der Waals surface area contributed by atoms with Crippen molar-refractivity contribution in [3.8, 4) is 23.0 Å². The van der Waals surface area contributed by atoms with E-state index in [-0.39, 0.29) is 18.4 Å². The van der Waals surface area contributed by atoms with Crippen LogP contribution in [0.3, 0.4) is 0 Å². The van der Waals surface area contributed by atoms with E-state index in [1.807, 2.05) is 55.5 Å². The van der Waals surface area contributed by atoms with Gasteiger partial charge in [0.15, 0.2) is 11.5 Å². The van der Waals surface area contributed by atoms with Crippen LogP contribution in [0.25, 0.3) is 11.5 Å². The van der Waals surface area contributed by atoms with Crippen molar-refractivity contribution < 1.29 is 18.7 Å². The number of carbonyl (C=O) groups is 1. The van der Waals surface area contributed by atoms with Crippen molar-refractivity contribution in [1.29, 1.82) is 0 Å². The predicted octanol–water partition coefficient (Wildman–Crippen LogP) is 5.34. The summed E-state index contributed by atoms with van der Waals surface area (Å²) in [5, 5.41) is 3.02. The third-order valence-electron chi connectivity index (χ3n) is 4.68. The molecule has 1 heterocycles. The van der Waals surface area contributed by atoms with Crippen LogP contribution in [0.15, 0.2) is 59.2 Å². The molecule has 0 aliphatic heterocycles. The summed E-state index contributed by atoms with van der Waals surface area (Å²) in [5.41, 5.74) is 2.43. The van der Waals surface area contributed by atoms with Crippen molar-refractivity contribution >= 4 is 5.91 Å². The van der Waals surface area contributed by atoms with E-state index < -0.39 is 0 Å². The Bertz CT molecular complexity index is 969. The molecule has 1 amide bonds. The smallest absolute Gasteiger partial charge is 0.226 e. The molecule has 6 nitrogen and oxygen atoms in total. The van der Waals surface area contributed by atoms with Crippen LogP contribution in [0.2, 0.25) is 0 Å². The average Bonchev–Trinajstić information content (AvgIpc) is 3.25. The van der Waals surface area contributed by atoms with Gasteiger partial charge in [-0.05, 0) is 49.6 Å². The van der Waals surface area contributed by atoms with Gasteiger partial charge in [-0.25, -0.2) is 4.98 Å². The van der Waals surface area contributed by atoms with Gasteiger partial charge in [-0.3, -0.25) is 4.79 Å². The first-order valence-electron chi connectivity index (χ1n) is 10.8.